The molecule has 110 valence electrons. The molecule has 2 atom stereocenters. The number of hydrogen-bond donors (Lipinski definition) is 0. The summed E-state index contributed by atoms with van der Waals surface area (Å²) >= 11 is 0. The summed E-state index contributed by atoms with van der Waals surface area (Å²) in [6.07, 6.45) is 4.14. The van der Waals surface area contributed by atoms with Crippen molar-refractivity contribution in [3.63, 3.8) is 0 Å². The predicted molar refractivity (Wildman–Crippen MR) is 76.0 cm³/mol. The molecule has 1 amide bonds. The van der Waals surface area contributed by atoms with Crippen LogP contribution in [0.4, 0.5) is 0 Å². The Kier molecular flexibility index (Phi) is 5.22. The summed E-state index contributed by atoms with van der Waals surface area (Å²) < 4.78 is 5.69. The van der Waals surface area contributed by atoms with Crippen molar-refractivity contribution >= 4 is 5.91 Å². The van der Waals surface area contributed by atoms with Gasteiger partial charge in [0.2, 0.25) is 5.91 Å². The summed E-state index contributed by atoms with van der Waals surface area (Å²) in [6.45, 7) is 10.5. The van der Waals surface area contributed by atoms with E-state index in [1.807, 2.05) is 18.7 Å². The number of amides is 1. The minimum atomic E-state index is 0.163. The highest BCUT2D eigenvalue weighted by molar-refractivity contribution is 5.78. The topological polar surface area (TPSA) is 32.8 Å². The molecule has 19 heavy (non-hydrogen) atoms. The van der Waals surface area contributed by atoms with Crippen molar-refractivity contribution in [1.29, 1.82) is 0 Å². The van der Waals surface area contributed by atoms with E-state index in [1.165, 1.54) is 12.8 Å². The van der Waals surface area contributed by atoms with E-state index in [9.17, 15) is 4.79 Å². The SMILES string of the molecule is CCCN(CC(=O)N1CC(C)OC(C)C1)CC1CC1. The van der Waals surface area contributed by atoms with Gasteiger partial charge in [0, 0.05) is 19.6 Å². The number of morpholine rings is 1. The van der Waals surface area contributed by atoms with Crippen LogP contribution in [-0.4, -0.2) is 60.6 Å². The van der Waals surface area contributed by atoms with E-state index in [-0.39, 0.29) is 18.1 Å². The summed E-state index contributed by atoms with van der Waals surface area (Å²) in [5.41, 5.74) is 0. The van der Waals surface area contributed by atoms with Crippen LogP contribution >= 0.6 is 0 Å². The summed E-state index contributed by atoms with van der Waals surface area (Å²) in [4.78, 5) is 16.7. The molecule has 0 N–H and O–H groups in total. The van der Waals surface area contributed by atoms with Crippen LogP contribution in [0.15, 0.2) is 0 Å². The Morgan fingerprint density at radius 2 is 1.89 bits per heavy atom. The van der Waals surface area contributed by atoms with Crippen molar-refractivity contribution in [2.24, 2.45) is 5.92 Å². The lowest BCUT2D eigenvalue weighted by atomic mass is 10.2. The second-order valence-corrected chi connectivity index (χ2v) is 6.23. The Bertz CT molecular complexity index is 295. The first-order valence-electron chi connectivity index (χ1n) is 7.74. The third-order valence-electron chi connectivity index (χ3n) is 3.88. The van der Waals surface area contributed by atoms with Gasteiger partial charge in [-0.15, -0.1) is 0 Å². The maximum atomic E-state index is 12.4. The average Bonchev–Trinajstić information content (AvgIpc) is 3.11. The minimum Gasteiger partial charge on any atom is -0.372 e. The molecule has 1 heterocycles. The van der Waals surface area contributed by atoms with Crippen LogP contribution < -0.4 is 0 Å². The highest BCUT2D eigenvalue weighted by Gasteiger charge is 2.29. The second-order valence-electron chi connectivity index (χ2n) is 6.23. The largest absolute Gasteiger partial charge is 0.372 e. The van der Waals surface area contributed by atoms with E-state index >= 15 is 0 Å². The van der Waals surface area contributed by atoms with Gasteiger partial charge in [0.1, 0.15) is 0 Å². The van der Waals surface area contributed by atoms with Gasteiger partial charge in [0.05, 0.1) is 18.8 Å². The molecule has 2 rings (SSSR count). The van der Waals surface area contributed by atoms with Gasteiger partial charge in [-0.3, -0.25) is 9.69 Å². The third kappa shape index (κ3) is 4.77. The number of nitrogens with zero attached hydrogens (tertiary/aromatic N) is 2. The number of hydrogen-bond acceptors (Lipinski definition) is 3. The molecule has 0 aromatic rings. The zero-order chi connectivity index (χ0) is 13.8. The van der Waals surface area contributed by atoms with Gasteiger partial charge < -0.3 is 9.64 Å². The third-order valence-corrected chi connectivity index (χ3v) is 3.88. The summed E-state index contributed by atoms with van der Waals surface area (Å²) in [7, 11) is 0. The van der Waals surface area contributed by atoms with Crippen LogP contribution in [0.2, 0.25) is 0 Å². The van der Waals surface area contributed by atoms with Crippen molar-refractivity contribution in [3.05, 3.63) is 0 Å². The molecule has 1 saturated heterocycles. The number of carbonyl (C=O) groups excluding carboxylic acids is 1. The fraction of sp³-hybridized carbons (Fsp3) is 0.933. The molecule has 2 fully saturated rings. The first-order chi connectivity index (χ1) is 9.08. The molecule has 2 unspecified atom stereocenters. The van der Waals surface area contributed by atoms with Gasteiger partial charge in [-0.2, -0.15) is 0 Å². The predicted octanol–water partition coefficient (Wildman–Crippen LogP) is 1.74. The zero-order valence-electron chi connectivity index (χ0n) is 12.6. The fourth-order valence-electron chi connectivity index (χ4n) is 2.89. The Morgan fingerprint density at radius 3 is 2.42 bits per heavy atom. The first kappa shape index (κ1) is 14.8. The van der Waals surface area contributed by atoms with Crippen LogP contribution in [0, 0.1) is 5.92 Å². The first-order valence-corrected chi connectivity index (χ1v) is 7.74. The number of ether oxygens (including phenoxy) is 1. The second kappa shape index (κ2) is 6.71. The normalized spacial score (nSPS) is 27.9. The molecule has 0 spiro atoms. The Hall–Kier alpha value is -0.610. The molecular formula is C15H28N2O2. The number of rotatable bonds is 6. The van der Waals surface area contributed by atoms with E-state index in [4.69, 9.17) is 4.74 Å². The van der Waals surface area contributed by atoms with E-state index < -0.39 is 0 Å². The van der Waals surface area contributed by atoms with E-state index in [1.54, 1.807) is 0 Å². The lowest BCUT2D eigenvalue weighted by molar-refractivity contribution is -0.144. The van der Waals surface area contributed by atoms with Crippen molar-refractivity contribution in [2.45, 2.75) is 52.2 Å². The maximum Gasteiger partial charge on any atom is 0.236 e. The van der Waals surface area contributed by atoms with Gasteiger partial charge in [-0.1, -0.05) is 6.92 Å². The number of carbonyl (C=O) groups is 1. The molecule has 1 aliphatic heterocycles. The van der Waals surface area contributed by atoms with Gasteiger partial charge in [0.15, 0.2) is 0 Å². The van der Waals surface area contributed by atoms with Gasteiger partial charge >= 0.3 is 0 Å². The maximum absolute atomic E-state index is 12.4. The standard InChI is InChI=1S/C15H28N2O2/c1-4-7-16(10-14-5-6-14)11-15(18)17-8-12(2)19-13(3)9-17/h12-14H,4-11H2,1-3H3. The van der Waals surface area contributed by atoms with Crippen LogP contribution in [0.1, 0.15) is 40.0 Å². The van der Waals surface area contributed by atoms with Crippen LogP contribution in [-0.2, 0) is 9.53 Å². The Balaban J connectivity index is 1.82. The Morgan fingerprint density at radius 1 is 1.26 bits per heavy atom. The molecule has 0 bridgehead atoms. The minimum absolute atomic E-state index is 0.163. The van der Waals surface area contributed by atoms with Crippen LogP contribution in [0.25, 0.3) is 0 Å². The summed E-state index contributed by atoms with van der Waals surface area (Å²) in [5, 5.41) is 0. The molecule has 1 saturated carbocycles. The molecule has 0 radical (unpaired) electrons. The molecule has 4 heteroatoms. The average molecular weight is 268 g/mol. The smallest absolute Gasteiger partial charge is 0.236 e. The van der Waals surface area contributed by atoms with Crippen molar-refractivity contribution < 1.29 is 9.53 Å². The molecule has 0 aromatic heterocycles. The van der Waals surface area contributed by atoms with E-state index in [0.717, 1.165) is 38.5 Å². The quantitative estimate of drug-likeness (QED) is 0.735. The van der Waals surface area contributed by atoms with Crippen molar-refractivity contribution in [2.75, 3.05) is 32.7 Å². The highest BCUT2D eigenvalue weighted by Crippen LogP contribution is 2.29. The van der Waals surface area contributed by atoms with Gasteiger partial charge in [-0.25, -0.2) is 0 Å². The Labute approximate surface area is 117 Å². The monoisotopic (exact) mass is 268 g/mol. The lowest BCUT2D eigenvalue weighted by Crippen LogP contribution is -2.51. The summed E-state index contributed by atoms with van der Waals surface area (Å²) in [6, 6.07) is 0. The summed E-state index contributed by atoms with van der Waals surface area (Å²) in [5.74, 6) is 1.12. The van der Waals surface area contributed by atoms with Crippen molar-refractivity contribution in [3.8, 4) is 0 Å². The van der Waals surface area contributed by atoms with Gasteiger partial charge in [0.25, 0.3) is 0 Å². The zero-order valence-corrected chi connectivity index (χ0v) is 12.6. The lowest BCUT2D eigenvalue weighted by Gasteiger charge is -2.36. The highest BCUT2D eigenvalue weighted by atomic mass is 16.5. The molecule has 0 aromatic carbocycles. The fourth-order valence-corrected chi connectivity index (χ4v) is 2.89. The molecule has 2 aliphatic rings. The van der Waals surface area contributed by atoms with E-state index in [0.29, 0.717) is 6.54 Å². The molecular weight excluding hydrogens is 240 g/mol. The van der Waals surface area contributed by atoms with Crippen molar-refractivity contribution in [1.82, 2.24) is 9.80 Å². The van der Waals surface area contributed by atoms with Crippen LogP contribution in [0.5, 0.6) is 0 Å². The molecule has 1 aliphatic carbocycles. The molecule has 4 nitrogen and oxygen atoms in total. The van der Waals surface area contributed by atoms with Crippen LogP contribution in [0.3, 0.4) is 0 Å². The van der Waals surface area contributed by atoms with Gasteiger partial charge in [-0.05, 0) is 45.6 Å². The van der Waals surface area contributed by atoms with E-state index in [2.05, 4.69) is 11.8 Å².